The maximum Gasteiger partial charge on any atom is 0.308 e. The number of hydrogen-bond donors (Lipinski definition) is 1. The Morgan fingerprint density at radius 1 is 1.47 bits per heavy atom. The molecule has 1 atom stereocenters. The number of anilines is 1. The molecular weight excluding hydrogens is 228 g/mol. The van der Waals surface area contributed by atoms with Crippen molar-refractivity contribution in [3.8, 4) is 0 Å². The Kier molecular flexibility index (Phi) is 3.26. The number of benzene rings is 1. The van der Waals surface area contributed by atoms with Crippen LogP contribution in [0.5, 0.6) is 0 Å². The van der Waals surface area contributed by atoms with Gasteiger partial charge in [-0.1, -0.05) is 18.2 Å². The highest BCUT2D eigenvalue weighted by Crippen LogP contribution is 2.30. The first-order valence-corrected chi connectivity index (χ1v) is 5.41. The van der Waals surface area contributed by atoms with E-state index >= 15 is 0 Å². The van der Waals surface area contributed by atoms with Crippen LogP contribution in [-0.4, -0.2) is 30.6 Å². The second-order valence-corrected chi connectivity index (χ2v) is 4.16. The standard InChI is InChI=1S/C12H13F2NO2/c13-11(14)7-15-6-9(12(16)17)5-8-3-1-2-4-10(8)15/h1-4,9,11H,5-7H2,(H,16,17). The number of rotatable bonds is 3. The van der Waals surface area contributed by atoms with E-state index < -0.39 is 24.9 Å². The summed E-state index contributed by atoms with van der Waals surface area (Å²) in [4.78, 5) is 12.4. The van der Waals surface area contributed by atoms with Gasteiger partial charge in [-0.2, -0.15) is 0 Å². The lowest BCUT2D eigenvalue weighted by Gasteiger charge is -2.34. The number of alkyl halides is 2. The number of carboxylic acid groups (broad SMARTS) is 1. The molecule has 0 aliphatic carbocycles. The number of nitrogens with zero attached hydrogens (tertiary/aromatic N) is 1. The van der Waals surface area contributed by atoms with Crippen LogP contribution in [0.15, 0.2) is 24.3 Å². The zero-order valence-corrected chi connectivity index (χ0v) is 9.14. The van der Waals surface area contributed by atoms with Gasteiger partial charge >= 0.3 is 5.97 Å². The first kappa shape index (κ1) is 11.8. The zero-order valence-electron chi connectivity index (χ0n) is 9.14. The van der Waals surface area contributed by atoms with E-state index in [1.807, 2.05) is 0 Å². The first-order chi connectivity index (χ1) is 8.08. The molecule has 1 aliphatic rings. The average molecular weight is 241 g/mol. The maximum atomic E-state index is 12.5. The number of para-hydroxylation sites is 1. The van der Waals surface area contributed by atoms with Crippen LogP contribution in [0.4, 0.5) is 14.5 Å². The lowest BCUT2D eigenvalue weighted by molar-refractivity contribution is -0.141. The summed E-state index contributed by atoms with van der Waals surface area (Å²) in [5, 5.41) is 9.00. The Bertz CT molecular complexity index is 423. The van der Waals surface area contributed by atoms with Gasteiger partial charge in [-0.3, -0.25) is 4.79 Å². The third kappa shape index (κ3) is 2.54. The number of aliphatic carboxylic acids is 1. The van der Waals surface area contributed by atoms with Crippen LogP contribution in [0.25, 0.3) is 0 Å². The van der Waals surface area contributed by atoms with Crippen LogP contribution in [0.1, 0.15) is 5.56 Å². The number of fused-ring (bicyclic) bond motifs is 1. The summed E-state index contributed by atoms with van der Waals surface area (Å²) in [5.74, 6) is -1.54. The van der Waals surface area contributed by atoms with E-state index in [1.54, 1.807) is 24.3 Å². The molecule has 0 saturated carbocycles. The smallest absolute Gasteiger partial charge is 0.308 e. The quantitative estimate of drug-likeness (QED) is 0.880. The van der Waals surface area contributed by atoms with Gasteiger partial charge in [0.05, 0.1) is 12.5 Å². The van der Waals surface area contributed by atoms with Crippen LogP contribution in [0.3, 0.4) is 0 Å². The fourth-order valence-corrected chi connectivity index (χ4v) is 2.19. The summed E-state index contributed by atoms with van der Waals surface area (Å²) in [5.41, 5.74) is 1.55. The largest absolute Gasteiger partial charge is 0.481 e. The predicted molar refractivity (Wildman–Crippen MR) is 59.5 cm³/mol. The highest BCUT2D eigenvalue weighted by Gasteiger charge is 2.29. The van der Waals surface area contributed by atoms with Crippen molar-refractivity contribution in [1.29, 1.82) is 0 Å². The van der Waals surface area contributed by atoms with E-state index in [2.05, 4.69) is 0 Å². The van der Waals surface area contributed by atoms with Gasteiger partial charge in [0.2, 0.25) is 0 Å². The van der Waals surface area contributed by atoms with E-state index in [1.165, 1.54) is 4.90 Å². The van der Waals surface area contributed by atoms with Gasteiger partial charge in [0.15, 0.2) is 0 Å². The molecule has 17 heavy (non-hydrogen) atoms. The number of hydrogen-bond acceptors (Lipinski definition) is 2. The molecule has 1 aromatic carbocycles. The van der Waals surface area contributed by atoms with Crippen LogP contribution in [0, 0.1) is 5.92 Å². The van der Waals surface area contributed by atoms with Crippen LogP contribution >= 0.6 is 0 Å². The molecule has 0 saturated heterocycles. The van der Waals surface area contributed by atoms with Crippen molar-refractivity contribution in [3.05, 3.63) is 29.8 Å². The molecular formula is C12H13F2NO2. The van der Waals surface area contributed by atoms with E-state index in [0.717, 1.165) is 11.3 Å². The third-order valence-electron chi connectivity index (χ3n) is 2.95. The first-order valence-electron chi connectivity index (χ1n) is 5.41. The molecule has 1 aromatic rings. The van der Waals surface area contributed by atoms with Gasteiger partial charge in [0.1, 0.15) is 0 Å². The molecule has 5 heteroatoms. The summed E-state index contributed by atoms with van der Waals surface area (Å²) in [7, 11) is 0. The van der Waals surface area contributed by atoms with Crippen molar-refractivity contribution in [2.24, 2.45) is 5.92 Å². The second kappa shape index (κ2) is 4.69. The molecule has 0 spiro atoms. The topological polar surface area (TPSA) is 40.5 Å². The molecule has 2 rings (SSSR count). The Hall–Kier alpha value is -1.65. The summed E-state index contributed by atoms with van der Waals surface area (Å²) < 4.78 is 24.9. The zero-order chi connectivity index (χ0) is 12.4. The summed E-state index contributed by atoms with van der Waals surface area (Å²) >= 11 is 0. The van der Waals surface area contributed by atoms with Gasteiger partial charge in [-0.15, -0.1) is 0 Å². The number of carboxylic acids is 1. The van der Waals surface area contributed by atoms with Gasteiger partial charge in [0.25, 0.3) is 6.43 Å². The van der Waals surface area contributed by atoms with E-state index in [4.69, 9.17) is 5.11 Å². The minimum absolute atomic E-state index is 0.149. The molecule has 3 nitrogen and oxygen atoms in total. The van der Waals surface area contributed by atoms with Crippen LogP contribution in [0.2, 0.25) is 0 Å². The molecule has 92 valence electrons. The summed E-state index contributed by atoms with van der Waals surface area (Å²) in [6, 6.07) is 7.13. The van der Waals surface area contributed by atoms with Gasteiger partial charge in [-0.05, 0) is 18.1 Å². The highest BCUT2D eigenvalue weighted by atomic mass is 19.3. The lowest BCUT2D eigenvalue weighted by Crippen LogP contribution is -2.41. The number of halogens is 2. The van der Waals surface area contributed by atoms with E-state index in [9.17, 15) is 13.6 Å². The molecule has 1 N–H and O–H groups in total. The Morgan fingerprint density at radius 2 is 2.18 bits per heavy atom. The lowest BCUT2D eigenvalue weighted by atomic mass is 9.92. The Morgan fingerprint density at radius 3 is 2.82 bits per heavy atom. The maximum absolute atomic E-state index is 12.5. The van der Waals surface area contributed by atoms with Crippen molar-refractivity contribution in [3.63, 3.8) is 0 Å². The van der Waals surface area contributed by atoms with Crippen molar-refractivity contribution < 1.29 is 18.7 Å². The predicted octanol–water partition coefficient (Wildman–Crippen LogP) is 2.02. The summed E-state index contributed by atoms with van der Waals surface area (Å²) in [6.45, 7) is -0.266. The third-order valence-corrected chi connectivity index (χ3v) is 2.95. The second-order valence-electron chi connectivity index (χ2n) is 4.16. The molecule has 1 aliphatic heterocycles. The molecule has 0 fully saturated rings. The normalized spacial score (nSPS) is 19.2. The van der Waals surface area contributed by atoms with E-state index in [0.29, 0.717) is 6.42 Å². The minimum Gasteiger partial charge on any atom is -0.481 e. The fraction of sp³-hybridized carbons (Fsp3) is 0.417. The van der Waals surface area contributed by atoms with Crippen LogP contribution in [-0.2, 0) is 11.2 Å². The molecule has 1 heterocycles. The molecule has 0 aromatic heterocycles. The molecule has 1 unspecified atom stereocenters. The van der Waals surface area contributed by atoms with Gasteiger partial charge < -0.3 is 10.0 Å². The Labute approximate surface area is 97.7 Å². The van der Waals surface area contributed by atoms with Gasteiger partial charge in [-0.25, -0.2) is 8.78 Å². The van der Waals surface area contributed by atoms with E-state index in [-0.39, 0.29) is 6.54 Å². The highest BCUT2D eigenvalue weighted by molar-refractivity contribution is 5.73. The monoisotopic (exact) mass is 241 g/mol. The summed E-state index contributed by atoms with van der Waals surface area (Å²) in [6.07, 6.45) is -2.05. The van der Waals surface area contributed by atoms with Crippen molar-refractivity contribution in [2.45, 2.75) is 12.8 Å². The fourth-order valence-electron chi connectivity index (χ4n) is 2.19. The van der Waals surface area contributed by atoms with Crippen molar-refractivity contribution in [2.75, 3.05) is 18.0 Å². The van der Waals surface area contributed by atoms with Crippen LogP contribution < -0.4 is 4.90 Å². The van der Waals surface area contributed by atoms with Gasteiger partial charge in [0, 0.05) is 12.2 Å². The number of carbonyl (C=O) groups is 1. The Balaban J connectivity index is 2.29. The molecule has 0 amide bonds. The van der Waals surface area contributed by atoms with Crippen molar-refractivity contribution >= 4 is 11.7 Å². The molecule has 0 bridgehead atoms. The van der Waals surface area contributed by atoms with Crippen molar-refractivity contribution in [1.82, 2.24) is 0 Å². The molecule has 0 radical (unpaired) electrons. The SMILES string of the molecule is O=C(O)C1Cc2ccccc2N(CC(F)F)C1. The minimum atomic E-state index is -2.46. The average Bonchev–Trinajstić information content (AvgIpc) is 2.28.